The fourth-order valence-corrected chi connectivity index (χ4v) is 8.33. The molecule has 1 unspecified atom stereocenters. The maximum absolute atomic E-state index is 13.6. The van der Waals surface area contributed by atoms with E-state index in [4.69, 9.17) is 39.7 Å². The largest absolute Gasteiger partial charge is 0.497 e. The monoisotopic (exact) mass is 1040 g/mol. The van der Waals surface area contributed by atoms with Gasteiger partial charge in [-0.25, -0.2) is 19.2 Å². The number of thioether (sulfide) groups is 1. The van der Waals surface area contributed by atoms with Crippen LogP contribution in [-0.4, -0.2) is 172 Å². The van der Waals surface area contributed by atoms with E-state index < -0.39 is 78.5 Å². The number of esters is 2. The first-order valence-corrected chi connectivity index (χ1v) is 23.7. The van der Waals surface area contributed by atoms with Gasteiger partial charge in [-0.1, -0.05) is 54.6 Å². The number of anilines is 1. The van der Waals surface area contributed by atoms with Crippen LogP contribution in [0.1, 0.15) is 62.8 Å². The number of nitrogens with one attached hydrogen (secondary N) is 1. The van der Waals surface area contributed by atoms with E-state index in [1.807, 2.05) is 97.9 Å². The predicted octanol–water partition coefficient (Wildman–Crippen LogP) is 3.59. The number of likely N-dealkylation sites (N-methyl/N-ethyl adjacent to an activating group) is 1. The highest BCUT2D eigenvalue weighted by molar-refractivity contribution is 7.99. The molecule has 0 aromatic heterocycles. The molecule has 0 bridgehead atoms. The van der Waals surface area contributed by atoms with E-state index in [2.05, 4.69) is 5.32 Å². The Morgan fingerprint density at radius 1 is 0.877 bits per heavy atom. The second kappa shape index (κ2) is 31.9. The van der Waals surface area contributed by atoms with Crippen molar-refractivity contribution < 1.29 is 88.0 Å². The normalized spacial score (nSPS) is 17.0. The van der Waals surface area contributed by atoms with Gasteiger partial charge >= 0.3 is 41.8 Å². The number of ether oxygens (including phenoxy) is 3. The Morgan fingerprint density at radius 3 is 1.99 bits per heavy atom. The van der Waals surface area contributed by atoms with Crippen molar-refractivity contribution in [2.75, 3.05) is 52.3 Å². The molecule has 73 heavy (non-hydrogen) atoms. The van der Waals surface area contributed by atoms with E-state index in [9.17, 15) is 48.3 Å². The molecule has 5 rings (SSSR count). The lowest BCUT2D eigenvalue weighted by molar-refractivity contribution is -0.153. The fourth-order valence-electron chi connectivity index (χ4n) is 7.01. The van der Waals surface area contributed by atoms with Crippen molar-refractivity contribution in [1.82, 2.24) is 15.1 Å². The van der Waals surface area contributed by atoms with Crippen molar-refractivity contribution >= 4 is 71.0 Å². The van der Waals surface area contributed by atoms with Gasteiger partial charge < -0.3 is 59.5 Å². The van der Waals surface area contributed by atoms with Crippen LogP contribution in [0.15, 0.2) is 95.9 Å². The number of benzene rings is 3. The Balaban J connectivity index is 0.000000381. The highest BCUT2D eigenvalue weighted by atomic mass is 32.2. The topological polar surface area (TPSA) is 324 Å². The number of hydrogen-bond donors (Lipinski definition) is 7. The van der Waals surface area contributed by atoms with Gasteiger partial charge in [0.2, 0.25) is 5.91 Å². The molecule has 3 aromatic carbocycles. The highest BCUT2D eigenvalue weighted by Gasteiger charge is 2.41. The van der Waals surface area contributed by atoms with Crippen LogP contribution >= 0.6 is 11.8 Å². The molecule has 1 saturated heterocycles. The average Bonchev–Trinajstić information content (AvgIpc) is 3.81. The maximum Gasteiger partial charge on any atom is 0.333 e. The molecule has 0 radical (unpaired) electrons. The van der Waals surface area contributed by atoms with E-state index in [0.717, 1.165) is 27.5 Å². The van der Waals surface area contributed by atoms with Gasteiger partial charge in [-0.2, -0.15) is 0 Å². The number of amides is 2. The SMILES string of the molecule is CCOC(=O)[C@H](CCc1ccccc1)N[C@@H](C)C(=O)N1CCC[C@H]1C(=O)O.COc1ccc([C@@H]2Sc3ccccc3N(CCN(C)C)C(=O)[C@@H]2OC(C)=O)cc1.O=C(O)/C=C\C(=O)O.O=C(O)CC(O)C(=O)O. The summed E-state index contributed by atoms with van der Waals surface area (Å²) in [5.74, 6) is -6.99. The van der Waals surface area contributed by atoms with Crippen molar-refractivity contribution in [3.63, 3.8) is 0 Å². The van der Waals surface area contributed by atoms with E-state index in [1.54, 1.807) is 37.6 Å². The first-order valence-electron chi connectivity index (χ1n) is 22.8. The second-order valence-corrected chi connectivity index (χ2v) is 17.5. The highest BCUT2D eigenvalue weighted by Crippen LogP contribution is 2.47. The number of carboxylic acids is 5. The molecule has 0 spiro atoms. The van der Waals surface area contributed by atoms with Crippen LogP contribution in [0.25, 0.3) is 0 Å². The molecule has 2 aliphatic rings. The summed E-state index contributed by atoms with van der Waals surface area (Å²) in [6, 6.07) is 23.0. The summed E-state index contributed by atoms with van der Waals surface area (Å²) in [6.07, 6.45) is -0.0564. The van der Waals surface area contributed by atoms with Crippen LogP contribution in [0.4, 0.5) is 5.69 Å². The van der Waals surface area contributed by atoms with E-state index in [0.29, 0.717) is 57.5 Å². The second-order valence-electron chi connectivity index (χ2n) is 16.3. The maximum atomic E-state index is 13.6. The number of para-hydroxylation sites is 1. The molecule has 0 aliphatic carbocycles. The zero-order valence-corrected chi connectivity index (χ0v) is 42.1. The lowest BCUT2D eigenvalue weighted by Crippen LogP contribution is -2.53. The molecule has 2 amide bonds. The number of aliphatic carboxylic acids is 5. The van der Waals surface area contributed by atoms with Gasteiger partial charge in [-0.05, 0) is 89.0 Å². The number of hydrogen-bond acceptors (Lipinski definition) is 16. The van der Waals surface area contributed by atoms with Gasteiger partial charge in [0.15, 0.2) is 12.2 Å². The number of aliphatic hydroxyl groups excluding tert-OH is 1. The fraction of sp³-hybridized carbons (Fsp3) is 0.420. The Labute approximate surface area is 426 Å². The standard InChI is InChI=1S/C22H26N2O4S.C20H28N2O5.C4H6O5.C4H4O4/c1-15(25)28-20-21(16-9-11-17(27-4)12-10-16)29-19-8-6-5-7-18(19)24(22(20)26)14-13-23(2)3;1-3-27-20(26)16(12-11-15-8-5-4-6-9-15)21-14(2)18(23)22-13-7-10-17(22)19(24)25;5-2(4(8)9)1-3(6)7;5-3(6)1-2-4(7)8/h5-12,20-21H,13-14H2,1-4H3;4-6,8-9,14,16-17,21H,3,7,10-13H2,1-2H3,(H,24,25);2,5H,1H2,(H,6,7)(H,8,9);1-2H,(H,5,6)(H,7,8)/b;;;2-1-/t20-,21+;14-,16-,17-;;/m10../s1. The van der Waals surface area contributed by atoms with Crippen LogP contribution in [-0.2, 0) is 59.0 Å². The zero-order valence-electron chi connectivity index (χ0n) is 41.3. The number of carbonyl (C=O) groups is 9. The molecule has 22 nitrogen and oxygen atoms in total. The van der Waals surface area contributed by atoms with Gasteiger partial charge in [0.25, 0.3) is 5.91 Å². The first-order chi connectivity index (χ1) is 34.5. The van der Waals surface area contributed by atoms with Crippen molar-refractivity contribution in [2.45, 2.75) is 93.4 Å². The summed E-state index contributed by atoms with van der Waals surface area (Å²) in [5.41, 5.74) is 2.84. The van der Waals surface area contributed by atoms with E-state index in [-0.39, 0.29) is 23.7 Å². The molecule has 2 aliphatic heterocycles. The van der Waals surface area contributed by atoms with Gasteiger partial charge in [-0.3, -0.25) is 29.3 Å². The van der Waals surface area contributed by atoms with E-state index in [1.165, 1.54) is 11.8 Å². The third-order valence-corrected chi connectivity index (χ3v) is 11.9. The summed E-state index contributed by atoms with van der Waals surface area (Å²) < 4.78 is 16.0. The summed E-state index contributed by atoms with van der Waals surface area (Å²) in [6.45, 7) is 6.64. The van der Waals surface area contributed by atoms with Crippen LogP contribution in [0.2, 0.25) is 0 Å². The first kappa shape index (κ1) is 61.8. The Bertz CT molecular complexity index is 2330. The Kier molecular flexibility index (Phi) is 27.0. The smallest absolute Gasteiger partial charge is 0.333 e. The lowest BCUT2D eigenvalue weighted by Gasteiger charge is -2.28. The van der Waals surface area contributed by atoms with Crippen LogP contribution < -0.4 is 15.0 Å². The molecule has 1 fully saturated rings. The Hall–Kier alpha value is -7.34. The molecule has 2 heterocycles. The Morgan fingerprint density at radius 2 is 1.48 bits per heavy atom. The molecular weight excluding hydrogens is 977 g/mol. The molecule has 23 heteroatoms. The molecule has 7 N–H and O–H groups in total. The minimum atomic E-state index is -1.79. The number of nitrogens with zero attached hydrogens (tertiary/aromatic N) is 3. The van der Waals surface area contributed by atoms with Crippen LogP contribution in [0, 0.1) is 0 Å². The summed E-state index contributed by atoms with van der Waals surface area (Å²) in [5, 5.41) is 51.7. The number of methoxy groups -OCH3 is 1. The van der Waals surface area contributed by atoms with Gasteiger partial charge in [-0.15, -0.1) is 11.8 Å². The molecule has 398 valence electrons. The number of carboxylic acid groups (broad SMARTS) is 5. The number of carbonyl (C=O) groups excluding carboxylic acids is 4. The molecule has 0 saturated carbocycles. The van der Waals surface area contributed by atoms with Gasteiger partial charge in [0.05, 0.1) is 37.1 Å². The number of aliphatic hydroxyl groups is 1. The van der Waals surface area contributed by atoms with Crippen molar-refractivity contribution in [3.05, 3.63) is 102 Å². The minimum Gasteiger partial charge on any atom is -0.497 e. The van der Waals surface area contributed by atoms with Crippen molar-refractivity contribution in [2.24, 2.45) is 0 Å². The minimum absolute atomic E-state index is 0.208. The molecular formula is C50H64N4O18S. The summed E-state index contributed by atoms with van der Waals surface area (Å²) in [4.78, 5) is 106. The van der Waals surface area contributed by atoms with Crippen molar-refractivity contribution in [3.8, 4) is 5.75 Å². The van der Waals surface area contributed by atoms with Crippen LogP contribution in [0.3, 0.4) is 0 Å². The van der Waals surface area contributed by atoms with Gasteiger partial charge in [0, 0.05) is 43.6 Å². The summed E-state index contributed by atoms with van der Waals surface area (Å²) in [7, 11) is 5.54. The molecule has 3 aromatic rings. The molecule has 6 atom stereocenters. The van der Waals surface area contributed by atoms with Crippen LogP contribution in [0.5, 0.6) is 5.75 Å². The summed E-state index contributed by atoms with van der Waals surface area (Å²) >= 11 is 1.54. The number of rotatable bonds is 20. The zero-order chi connectivity index (χ0) is 54.8. The average molecular weight is 1040 g/mol. The number of aryl methyl sites for hydroxylation is 1. The number of likely N-dealkylation sites (tertiary alicyclic amines) is 1. The third kappa shape index (κ3) is 21.9. The third-order valence-electron chi connectivity index (χ3n) is 10.5. The number of fused-ring (bicyclic) bond motifs is 1. The van der Waals surface area contributed by atoms with E-state index >= 15 is 0 Å². The quantitative estimate of drug-likeness (QED) is 0.0628. The van der Waals surface area contributed by atoms with Gasteiger partial charge in [0.1, 0.15) is 17.8 Å². The lowest BCUT2D eigenvalue weighted by atomic mass is 10.0. The predicted molar refractivity (Wildman–Crippen MR) is 265 cm³/mol. The van der Waals surface area contributed by atoms with Crippen molar-refractivity contribution in [1.29, 1.82) is 0 Å².